The van der Waals surface area contributed by atoms with Crippen molar-refractivity contribution in [1.82, 2.24) is 20.0 Å². The van der Waals surface area contributed by atoms with Gasteiger partial charge in [0.25, 0.3) is 0 Å². The molecule has 6 nitrogen and oxygen atoms in total. The minimum atomic E-state index is 0.540. The summed E-state index contributed by atoms with van der Waals surface area (Å²) >= 11 is 0. The van der Waals surface area contributed by atoms with Crippen molar-refractivity contribution in [3.05, 3.63) is 47.8 Å². The van der Waals surface area contributed by atoms with E-state index in [0.717, 1.165) is 44.3 Å². The number of aromatic nitrogens is 2. The topological polar surface area (TPSA) is 54.7 Å². The van der Waals surface area contributed by atoms with Crippen LogP contribution in [0.4, 0.5) is 0 Å². The number of nitrogens with zero attached hydrogens (tertiary/aromatic N) is 4. The minimum absolute atomic E-state index is 0.540. The van der Waals surface area contributed by atoms with Crippen molar-refractivity contribution in [1.29, 1.82) is 0 Å². The zero-order chi connectivity index (χ0) is 17.6. The number of benzene rings is 1. The number of aliphatic imine (C=N–C) groups is 1. The van der Waals surface area contributed by atoms with Crippen molar-refractivity contribution in [2.24, 2.45) is 4.99 Å². The van der Waals surface area contributed by atoms with Gasteiger partial charge in [-0.15, -0.1) is 0 Å². The van der Waals surface area contributed by atoms with Crippen LogP contribution in [0.2, 0.25) is 0 Å². The summed E-state index contributed by atoms with van der Waals surface area (Å²) in [6.07, 6.45) is 5.08. The van der Waals surface area contributed by atoms with Gasteiger partial charge in [0, 0.05) is 38.8 Å². The summed E-state index contributed by atoms with van der Waals surface area (Å²) in [4.78, 5) is 6.78. The van der Waals surface area contributed by atoms with E-state index < -0.39 is 0 Å². The van der Waals surface area contributed by atoms with Gasteiger partial charge < -0.3 is 15.0 Å². The van der Waals surface area contributed by atoms with Gasteiger partial charge in [-0.2, -0.15) is 5.10 Å². The van der Waals surface area contributed by atoms with Crippen molar-refractivity contribution in [2.45, 2.75) is 25.8 Å². The van der Waals surface area contributed by atoms with Crippen LogP contribution in [0.25, 0.3) is 0 Å². The summed E-state index contributed by atoms with van der Waals surface area (Å²) < 4.78 is 7.20. The zero-order valence-corrected chi connectivity index (χ0v) is 15.3. The van der Waals surface area contributed by atoms with Gasteiger partial charge in [-0.25, -0.2) is 0 Å². The first-order chi connectivity index (χ1) is 12.2. The van der Waals surface area contributed by atoms with Crippen LogP contribution in [0.3, 0.4) is 0 Å². The molecule has 1 saturated heterocycles. The maximum atomic E-state index is 5.24. The zero-order valence-electron chi connectivity index (χ0n) is 15.3. The molecule has 6 heteroatoms. The molecule has 1 N–H and O–H groups in total. The van der Waals surface area contributed by atoms with Crippen molar-refractivity contribution in [3.63, 3.8) is 0 Å². The summed E-state index contributed by atoms with van der Waals surface area (Å²) in [5.74, 6) is 2.42. The molecule has 25 heavy (non-hydrogen) atoms. The fraction of sp³-hybridized carbons (Fsp3) is 0.474. The van der Waals surface area contributed by atoms with Crippen LogP contribution in [0.1, 0.15) is 23.5 Å². The fourth-order valence-corrected chi connectivity index (χ4v) is 3.30. The number of guanidine groups is 1. The average Bonchev–Trinajstić information content (AvgIpc) is 3.28. The molecule has 2 aromatic rings. The van der Waals surface area contributed by atoms with Crippen LogP contribution in [0.15, 0.2) is 41.7 Å². The van der Waals surface area contributed by atoms with E-state index in [-0.39, 0.29) is 0 Å². The molecule has 0 saturated carbocycles. The third-order valence-electron chi connectivity index (χ3n) is 4.67. The van der Waals surface area contributed by atoms with Gasteiger partial charge in [-0.3, -0.25) is 9.67 Å². The van der Waals surface area contributed by atoms with E-state index in [1.807, 2.05) is 30.1 Å². The molecule has 2 heterocycles. The lowest BCUT2D eigenvalue weighted by Gasteiger charge is -2.22. The third kappa shape index (κ3) is 4.32. The van der Waals surface area contributed by atoms with Gasteiger partial charge in [0.15, 0.2) is 5.96 Å². The van der Waals surface area contributed by atoms with E-state index in [2.05, 4.69) is 45.6 Å². The molecule has 0 bridgehead atoms. The lowest BCUT2D eigenvalue weighted by Crippen LogP contribution is -2.41. The molecule has 0 radical (unpaired) electrons. The van der Waals surface area contributed by atoms with E-state index in [4.69, 9.17) is 4.74 Å². The number of methoxy groups -OCH3 is 1. The molecule has 1 aliphatic rings. The quantitative estimate of drug-likeness (QED) is 0.669. The van der Waals surface area contributed by atoms with Gasteiger partial charge in [-0.1, -0.05) is 12.1 Å². The highest BCUT2D eigenvalue weighted by molar-refractivity contribution is 5.80. The predicted octanol–water partition coefficient (Wildman–Crippen LogP) is 2.27. The molecule has 3 rings (SSSR count). The Balaban J connectivity index is 1.52. The summed E-state index contributed by atoms with van der Waals surface area (Å²) in [7, 11) is 3.55. The molecule has 0 aliphatic carbocycles. The van der Waals surface area contributed by atoms with Gasteiger partial charge in [0.1, 0.15) is 5.75 Å². The molecule has 1 unspecified atom stereocenters. The first kappa shape index (κ1) is 17.3. The molecule has 1 aromatic heterocycles. The average molecular weight is 341 g/mol. The number of hydrogen-bond acceptors (Lipinski definition) is 3. The molecule has 1 atom stereocenters. The van der Waals surface area contributed by atoms with Gasteiger partial charge in [0.2, 0.25) is 0 Å². The Hall–Kier alpha value is -2.50. The van der Waals surface area contributed by atoms with E-state index in [9.17, 15) is 0 Å². The number of nitrogens with one attached hydrogen (secondary N) is 1. The molecule has 1 aromatic carbocycles. The van der Waals surface area contributed by atoms with Crippen LogP contribution in [-0.2, 0) is 6.54 Å². The molecule has 134 valence electrons. The Labute approximate surface area is 149 Å². The SMILES string of the molecule is CN=C(NCCn1cc(C)cn1)N1CCC(c2ccc(OC)cc2)C1. The largest absolute Gasteiger partial charge is 0.497 e. The summed E-state index contributed by atoms with van der Waals surface area (Å²) in [5, 5.41) is 7.77. The Morgan fingerprint density at radius 3 is 2.80 bits per heavy atom. The van der Waals surface area contributed by atoms with Gasteiger partial charge in [-0.05, 0) is 36.6 Å². The predicted molar refractivity (Wildman–Crippen MR) is 100 cm³/mol. The Bertz CT molecular complexity index is 707. The lowest BCUT2D eigenvalue weighted by molar-refractivity contribution is 0.414. The second-order valence-corrected chi connectivity index (χ2v) is 6.46. The third-order valence-corrected chi connectivity index (χ3v) is 4.67. The Morgan fingerprint density at radius 1 is 1.36 bits per heavy atom. The van der Waals surface area contributed by atoms with Crippen LogP contribution < -0.4 is 10.1 Å². The maximum Gasteiger partial charge on any atom is 0.193 e. The summed E-state index contributed by atoms with van der Waals surface area (Å²) in [6, 6.07) is 8.42. The van der Waals surface area contributed by atoms with Crippen molar-refractivity contribution < 1.29 is 4.74 Å². The second-order valence-electron chi connectivity index (χ2n) is 6.46. The normalized spacial score (nSPS) is 17.8. The Morgan fingerprint density at radius 2 is 2.16 bits per heavy atom. The fourth-order valence-electron chi connectivity index (χ4n) is 3.30. The first-order valence-corrected chi connectivity index (χ1v) is 8.78. The van der Waals surface area contributed by atoms with E-state index in [1.165, 1.54) is 11.1 Å². The summed E-state index contributed by atoms with van der Waals surface area (Å²) in [6.45, 7) is 5.73. The summed E-state index contributed by atoms with van der Waals surface area (Å²) in [5.41, 5.74) is 2.55. The number of likely N-dealkylation sites (tertiary alicyclic amines) is 1. The standard InChI is InChI=1S/C19H27N5O/c1-15-12-22-24(13-15)11-9-21-19(20-2)23-10-8-17(14-23)16-4-6-18(25-3)7-5-16/h4-7,12-13,17H,8-11,14H2,1-3H3,(H,20,21). The molecule has 0 spiro atoms. The smallest absolute Gasteiger partial charge is 0.193 e. The molecule has 1 aliphatic heterocycles. The first-order valence-electron chi connectivity index (χ1n) is 8.78. The highest BCUT2D eigenvalue weighted by Crippen LogP contribution is 2.28. The number of hydrogen-bond donors (Lipinski definition) is 1. The van der Waals surface area contributed by atoms with Crippen LogP contribution in [0, 0.1) is 6.92 Å². The lowest BCUT2D eigenvalue weighted by atomic mass is 9.98. The monoisotopic (exact) mass is 341 g/mol. The molecule has 0 amide bonds. The van der Waals surface area contributed by atoms with Crippen molar-refractivity contribution >= 4 is 5.96 Å². The number of rotatable bonds is 5. The van der Waals surface area contributed by atoms with Crippen LogP contribution >= 0.6 is 0 Å². The van der Waals surface area contributed by atoms with Gasteiger partial charge in [0.05, 0.1) is 19.9 Å². The van der Waals surface area contributed by atoms with E-state index in [0.29, 0.717) is 5.92 Å². The second kappa shape index (κ2) is 8.05. The van der Waals surface area contributed by atoms with Crippen molar-refractivity contribution in [2.75, 3.05) is 33.8 Å². The van der Waals surface area contributed by atoms with E-state index >= 15 is 0 Å². The maximum absolute atomic E-state index is 5.24. The minimum Gasteiger partial charge on any atom is -0.497 e. The molecular weight excluding hydrogens is 314 g/mol. The number of ether oxygens (including phenoxy) is 1. The molecular formula is C19H27N5O. The number of aryl methyl sites for hydroxylation is 1. The van der Waals surface area contributed by atoms with Gasteiger partial charge >= 0.3 is 0 Å². The highest BCUT2D eigenvalue weighted by Gasteiger charge is 2.25. The molecule has 1 fully saturated rings. The van der Waals surface area contributed by atoms with Crippen molar-refractivity contribution in [3.8, 4) is 5.75 Å². The van der Waals surface area contributed by atoms with Crippen LogP contribution in [0.5, 0.6) is 5.75 Å². The van der Waals surface area contributed by atoms with Crippen LogP contribution in [-0.4, -0.2) is 54.4 Å². The Kier molecular flexibility index (Phi) is 5.58. The van der Waals surface area contributed by atoms with E-state index in [1.54, 1.807) is 7.11 Å². The highest BCUT2D eigenvalue weighted by atomic mass is 16.5.